The predicted octanol–water partition coefficient (Wildman–Crippen LogP) is 4.25. The van der Waals surface area contributed by atoms with Crippen LogP contribution in [0, 0.1) is 13.8 Å². The molecule has 0 saturated heterocycles. The van der Waals surface area contributed by atoms with Gasteiger partial charge in [0, 0.05) is 29.7 Å². The van der Waals surface area contributed by atoms with Crippen LogP contribution in [0.25, 0.3) is 11.4 Å². The lowest BCUT2D eigenvalue weighted by Gasteiger charge is -2.16. The van der Waals surface area contributed by atoms with Crippen LogP contribution >= 0.6 is 0 Å². The Labute approximate surface area is 182 Å². The molecule has 0 fully saturated rings. The van der Waals surface area contributed by atoms with Crippen molar-refractivity contribution >= 4 is 5.71 Å². The number of methoxy groups -OCH3 is 1. The lowest BCUT2D eigenvalue weighted by atomic mass is 9.96. The van der Waals surface area contributed by atoms with Gasteiger partial charge in [0.1, 0.15) is 23.9 Å². The summed E-state index contributed by atoms with van der Waals surface area (Å²) in [7, 11) is 1.66. The van der Waals surface area contributed by atoms with Crippen LogP contribution in [-0.2, 0) is 17.7 Å². The Morgan fingerprint density at radius 2 is 1.94 bits per heavy atom. The predicted molar refractivity (Wildman–Crippen MR) is 119 cm³/mol. The first-order valence-electron chi connectivity index (χ1n) is 10.6. The highest BCUT2D eigenvalue weighted by atomic mass is 16.6. The molecular weight excluding hydrogens is 390 g/mol. The summed E-state index contributed by atoms with van der Waals surface area (Å²) in [5, 5.41) is 4.37. The highest BCUT2D eigenvalue weighted by Crippen LogP contribution is 2.22. The first-order valence-corrected chi connectivity index (χ1v) is 10.6. The van der Waals surface area contributed by atoms with Gasteiger partial charge in [-0.2, -0.15) is 0 Å². The fourth-order valence-corrected chi connectivity index (χ4v) is 3.67. The third kappa shape index (κ3) is 5.23. The molecule has 3 aromatic heterocycles. The Kier molecular flexibility index (Phi) is 6.50. The van der Waals surface area contributed by atoms with E-state index in [-0.39, 0.29) is 0 Å². The average Bonchev–Trinajstić information content (AvgIpc) is 2.79. The van der Waals surface area contributed by atoms with E-state index in [4.69, 9.17) is 14.6 Å². The standard InChI is InChI=1S/C24H27N5O2/c1-16-13-20(30-3)14-23(26-16)21-10-5-8-19(28-21)9-6-12-31-29-22-11-4-7-18-15-25-17(2)27-24(18)22/h5,8,10,13-15H,4,6-7,9,11-12H2,1-3H3/b29-22+. The molecule has 0 spiro atoms. The Hall–Kier alpha value is -3.35. The summed E-state index contributed by atoms with van der Waals surface area (Å²) in [5.41, 5.74) is 6.58. The van der Waals surface area contributed by atoms with Crippen molar-refractivity contribution in [3.63, 3.8) is 0 Å². The van der Waals surface area contributed by atoms with Crippen LogP contribution in [-0.4, -0.2) is 39.4 Å². The van der Waals surface area contributed by atoms with Gasteiger partial charge in [0.05, 0.1) is 24.2 Å². The molecule has 0 radical (unpaired) electrons. The van der Waals surface area contributed by atoms with Gasteiger partial charge in [0.2, 0.25) is 0 Å². The number of aromatic nitrogens is 4. The van der Waals surface area contributed by atoms with Crippen LogP contribution < -0.4 is 4.74 Å². The molecule has 3 heterocycles. The van der Waals surface area contributed by atoms with Gasteiger partial charge < -0.3 is 9.57 Å². The summed E-state index contributed by atoms with van der Waals surface area (Å²) in [6.07, 6.45) is 6.48. The van der Waals surface area contributed by atoms with E-state index in [0.29, 0.717) is 6.61 Å². The van der Waals surface area contributed by atoms with Crippen molar-refractivity contribution in [2.75, 3.05) is 13.7 Å². The van der Waals surface area contributed by atoms with E-state index in [1.54, 1.807) is 7.11 Å². The van der Waals surface area contributed by atoms with Crippen molar-refractivity contribution in [3.05, 3.63) is 65.0 Å². The summed E-state index contributed by atoms with van der Waals surface area (Å²) < 4.78 is 5.35. The number of rotatable bonds is 7. The van der Waals surface area contributed by atoms with Gasteiger partial charge in [0.15, 0.2) is 0 Å². The van der Waals surface area contributed by atoms with Crippen LogP contribution in [0.4, 0.5) is 0 Å². The Bertz CT molecular complexity index is 1100. The fraction of sp³-hybridized carbons (Fsp3) is 0.375. The Morgan fingerprint density at radius 3 is 2.81 bits per heavy atom. The molecule has 3 aromatic rings. The number of hydrogen-bond donors (Lipinski definition) is 0. The van der Waals surface area contributed by atoms with Crippen LogP contribution in [0.5, 0.6) is 5.75 Å². The normalized spacial score (nSPS) is 14.4. The van der Waals surface area contributed by atoms with Gasteiger partial charge in [-0.25, -0.2) is 9.97 Å². The molecule has 0 aromatic carbocycles. The van der Waals surface area contributed by atoms with Crippen LogP contribution in [0.1, 0.15) is 47.7 Å². The van der Waals surface area contributed by atoms with Crippen LogP contribution in [0.2, 0.25) is 0 Å². The molecule has 7 heteroatoms. The molecule has 4 rings (SSSR count). The number of pyridine rings is 2. The van der Waals surface area contributed by atoms with Gasteiger partial charge in [-0.3, -0.25) is 9.97 Å². The summed E-state index contributed by atoms with van der Waals surface area (Å²) in [5.74, 6) is 1.55. The molecule has 0 aliphatic heterocycles. The fourth-order valence-electron chi connectivity index (χ4n) is 3.67. The first kappa shape index (κ1) is 20.9. The van der Waals surface area contributed by atoms with Crippen molar-refractivity contribution in [1.82, 2.24) is 19.9 Å². The van der Waals surface area contributed by atoms with Gasteiger partial charge in [-0.1, -0.05) is 11.2 Å². The number of hydrogen-bond acceptors (Lipinski definition) is 7. The van der Waals surface area contributed by atoms with Gasteiger partial charge in [-0.05, 0) is 63.6 Å². The quantitative estimate of drug-likeness (QED) is 0.422. The van der Waals surface area contributed by atoms with E-state index in [1.165, 1.54) is 0 Å². The van der Waals surface area contributed by atoms with Gasteiger partial charge >= 0.3 is 0 Å². The summed E-state index contributed by atoms with van der Waals surface area (Å²) in [6, 6.07) is 9.82. The molecular formula is C24H27N5O2. The number of fused-ring (bicyclic) bond motifs is 1. The number of nitrogens with zero attached hydrogens (tertiary/aromatic N) is 5. The minimum absolute atomic E-state index is 0.533. The van der Waals surface area contributed by atoms with E-state index < -0.39 is 0 Å². The van der Waals surface area contributed by atoms with E-state index >= 15 is 0 Å². The minimum Gasteiger partial charge on any atom is -0.497 e. The van der Waals surface area contributed by atoms with Gasteiger partial charge in [0.25, 0.3) is 0 Å². The Balaban J connectivity index is 1.35. The summed E-state index contributed by atoms with van der Waals surface area (Å²) in [6.45, 7) is 4.38. The van der Waals surface area contributed by atoms with Crippen LogP contribution in [0.3, 0.4) is 0 Å². The largest absolute Gasteiger partial charge is 0.497 e. The molecule has 0 saturated carbocycles. The molecule has 0 N–H and O–H groups in total. The minimum atomic E-state index is 0.533. The SMILES string of the molecule is COc1cc(C)nc(-c2cccc(CCCO/N=C3\CCCc4cnc(C)nc43)n2)c1. The lowest BCUT2D eigenvalue weighted by molar-refractivity contribution is 0.141. The van der Waals surface area contributed by atoms with E-state index in [1.807, 2.05) is 50.4 Å². The highest BCUT2D eigenvalue weighted by Gasteiger charge is 2.18. The number of ether oxygens (including phenoxy) is 1. The van der Waals surface area contributed by atoms with Gasteiger partial charge in [-0.15, -0.1) is 0 Å². The maximum atomic E-state index is 5.62. The smallest absolute Gasteiger partial charge is 0.125 e. The first-order chi connectivity index (χ1) is 15.1. The zero-order chi connectivity index (χ0) is 21.6. The van der Waals surface area contributed by atoms with Crippen molar-refractivity contribution < 1.29 is 9.57 Å². The van der Waals surface area contributed by atoms with Crippen molar-refractivity contribution in [1.29, 1.82) is 0 Å². The summed E-state index contributed by atoms with van der Waals surface area (Å²) >= 11 is 0. The topological polar surface area (TPSA) is 82.4 Å². The Morgan fingerprint density at radius 1 is 1.03 bits per heavy atom. The monoisotopic (exact) mass is 417 g/mol. The number of aryl methyl sites for hydroxylation is 4. The van der Waals surface area contributed by atoms with Crippen molar-refractivity contribution in [2.24, 2.45) is 5.16 Å². The maximum absolute atomic E-state index is 5.62. The molecule has 1 aliphatic carbocycles. The molecule has 1 aliphatic rings. The second-order valence-corrected chi connectivity index (χ2v) is 7.67. The molecule has 7 nitrogen and oxygen atoms in total. The van der Waals surface area contributed by atoms with E-state index in [2.05, 4.69) is 20.1 Å². The zero-order valence-electron chi connectivity index (χ0n) is 18.3. The average molecular weight is 418 g/mol. The second kappa shape index (κ2) is 9.64. The molecule has 0 unspecified atom stereocenters. The molecule has 0 amide bonds. The molecule has 160 valence electrons. The second-order valence-electron chi connectivity index (χ2n) is 7.67. The van der Waals surface area contributed by atoms with E-state index in [0.717, 1.165) is 83.4 Å². The van der Waals surface area contributed by atoms with Crippen molar-refractivity contribution in [2.45, 2.75) is 46.0 Å². The van der Waals surface area contributed by atoms with Crippen LogP contribution in [0.15, 0.2) is 41.7 Å². The van der Waals surface area contributed by atoms with E-state index in [9.17, 15) is 0 Å². The molecule has 31 heavy (non-hydrogen) atoms. The third-order valence-electron chi connectivity index (χ3n) is 5.19. The maximum Gasteiger partial charge on any atom is 0.125 e. The molecule has 0 atom stereocenters. The highest BCUT2D eigenvalue weighted by molar-refractivity contribution is 6.00. The zero-order valence-corrected chi connectivity index (χ0v) is 18.3. The number of oxime groups is 1. The third-order valence-corrected chi connectivity index (χ3v) is 5.19. The summed E-state index contributed by atoms with van der Waals surface area (Å²) in [4.78, 5) is 23.8. The van der Waals surface area contributed by atoms with Crippen molar-refractivity contribution in [3.8, 4) is 17.1 Å². The molecule has 0 bridgehead atoms. The lowest BCUT2D eigenvalue weighted by Crippen LogP contribution is -2.16.